The Morgan fingerprint density at radius 3 is 2.90 bits per heavy atom. The molecular formula is C15H20N2O3. The smallest absolute Gasteiger partial charge is 0.264 e. The summed E-state index contributed by atoms with van der Waals surface area (Å²) in [6, 6.07) is 7.57. The topological polar surface area (TPSA) is 73.6 Å². The lowest BCUT2D eigenvalue weighted by Gasteiger charge is -2.28. The predicted molar refractivity (Wildman–Crippen MR) is 74.7 cm³/mol. The molecule has 1 aromatic rings. The van der Waals surface area contributed by atoms with E-state index in [9.17, 15) is 4.79 Å². The molecule has 0 bridgehead atoms. The number of nitrogens with one attached hydrogen (secondary N) is 1. The van der Waals surface area contributed by atoms with Crippen LogP contribution in [0.3, 0.4) is 0 Å². The molecule has 0 saturated heterocycles. The Balaban J connectivity index is 1.61. The summed E-state index contributed by atoms with van der Waals surface area (Å²) in [6.07, 6.45) is 2.63. The van der Waals surface area contributed by atoms with Gasteiger partial charge in [-0.3, -0.25) is 4.79 Å². The molecule has 3 rings (SSSR count). The Labute approximate surface area is 118 Å². The third-order valence-electron chi connectivity index (χ3n) is 4.09. The van der Waals surface area contributed by atoms with Crippen LogP contribution in [0.2, 0.25) is 0 Å². The zero-order valence-electron chi connectivity index (χ0n) is 11.4. The minimum absolute atomic E-state index is 0.107. The molecule has 2 aliphatic rings. The van der Waals surface area contributed by atoms with E-state index in [2.05, 4.69) is 5.32 Å². The fraction of sp³-hybridized carbons (Fsp3) is 0.533. The summed E-state index contributed by atoms with van der Waals surface area (Å²) in [5.74, 6) is 1.60. The van der Waals surface area contributed by atoms with Crippen LogP contribution in [0.25, 0.3) is 0 Å². The number of carbonyl (C=O) groups excluding carboxylic acids is 1. The minimum atomic E-state index is -0.580. The van der Waals surface area contributed by atoms with Crippen molar-refractivity contribution in [3.63, 3.8) is 0 Å². The molecule has 0 aromatic heterocycles. The van der Waals surface area contributed by atoms with E-state index in [1.165, 1.54) is 0 Å². The Kier molecular flexibility index (Phi) is 3.78. The minimum Gasteiger partial charge on any atom is -0.485 e. The molecule has 108 valence electrons. The van der Waals surface area contributed by atoms with E-state index < -0.39 is 6.10 Å². The van der Waals surface area contributed by atoms with Gasteiger partial charge >= 0.3 is 0 Å². The van der Waals surface area contributed by atoms with E-state index in [0.717, 1.165) is 19.3 Å². The zero-order valence-corrected chi connectivity index (χ0v) is 11.4. The normalized spacial score (nSPS) is 28.1. The third kappa shape index (κ3) is 2.58. The summed E-state index contributed by atoms with van der Waals surface area (Å²) in [7, 11) is 0. The van der Waals surface area contributed by atoms with Gasteiger partial charge in [-0.2, -0.15) is 0 Å². The second kappa shape index (κ2) is 5.71. The van der Waals surface area contributed by atoms with Crippen molar-refractivity contribution in [2.45, 2.75) is 31.4 Å². The van der Waals surface area contributed by atoms with Crippen molar-refractivity contribution >= 4 is 5.91 Å². The summed E-state index contributed by atoms with van der Waals surface area (Å²) >= 11 is 0. The van der Waals surface area contributed by atoms with Crippen molar-refractivity contribution in [3.05, 3.63) is 24.3 Å². The molecule has 0 spiro atoms. The predicted octanol–water partition coefficient (Wildman–Crippen LogP) is 1.07. The molecule has 5 heteroatoms. The lowest BCUT2D eigenvalue weighted by atomic mass is 10.0. The van der Waals surface area contributed by atoms with Crippen LogP contribution in [0.1, 0.15) is 19.3 Å². The summed E-state index contributed by atoms with van der Waals surface area (Å²) in [4.78, 5) is 12.3. The Bertz CT molecular complexity index is 492. The highest BCUT2D eigenvalue weighted by Gasteiger charge is 2.32. The van der Waals surface area contributed by atoms with Crippen molar-refractivity contribution in [1.29, 1.82) is 0 Å². The molecule has 3 atom stereocenters. The van der Waals surface area contributed by atoms with E-state index in [0.29, 0.717) is 24.0 Å². The molecule has 1 heterocycles. The van der Waals surface area contributed by atoms with E-state index in [4.69, 9.17) is 15.2 Å². The fourth-order valence-corrected chi connectivity index (χ4v) is 2.93. The average molecular weight is 276 g/mol. The van der Waals surface area contributed by atoms with Gasteiger partial charge < -0.3 is 20.5 Å². The lowest BCUT2D eigenvalue weighted by Crippen LogP contribution is -2.49. The Morgan fingerprint density at radius 2 is 2.10 bits per heavy atom. The van der Waals surface area contributed by atoms with Gasteiger partial charge in [0.2, 0.25) is 6.10 Å². The molecule has 1 aliphatic carbocycles. The maximum Gasteiger partial charge on any atom is 0.264 e. The molecule has 20 heavy (non-hydrogen) atoms. The van der Waals surface area contributed by atoms with Crippen LogP contribution in [-0.4, -0.2) is 31.2 Å². The van der Waals surface area contributed by atoms with Crippen molar-refractivity contribution in [2.24, 2.45) is 11.7 Å². The molecule has 5 nitrogen and oxygen atoms in total. The summed E-state index contributed by atoms with van der Waals surface area (Å²) < 4.78 is 11.3. The SMILES string of the molecule is NCC1CCCC1NC(=O)C1COc2ccccc2O1. The molecule has 1 fully saturated rings. The number of carbonyl (C=O) groups is 1. The van der Waals surface area contributed by atoms with Gasteiger partial charge in [0.1, 0.15) is 6.61 Å². The monoisotopic (exact) mass is 276 g/mol. The number of rotatable bonds is 3. The number of amides is 1. The van der Waals surface area contributed by atoms with Crippen LogP contribution < -0.4 is 20.5 Å². The van der Waals surface area contributed by atoms with E-state index in [-0.39, 0.29) is 18.6 Å². The van der Waals surface area contributed by atoms with Gasteiger partial charge in [0.25, 0.3) is 5.91 Å². The van der Waals surface area contributed by atoms with Crippen LogP contribution in [0, 0.1) is 5.92 Å². The quantitative estimate of drug-likeness (QED) is 0.866. The standard InChI is InChI=1S/C15H20N2O3/c16-8-10-4-3-5-11(10)17-15(18)14-9-19-12-6-1-2-7-13(12)20-14/h1-2,6-7,10-11,14H,3-5,8-9,16H2,(H,17,18). The highest BCUT2D eigenvalue weighted by atomic mass is 16.6. The van der Waals surface area contributed by atoms with Gasteiger partial charge in [0, 0.05) is 6.04 Å². The second-order valence-corrected chi connectivity index (χ2v) is 5.41. The van der Waals surface area contributed by atoms with Crippen LogP contribution >= 0.6 is 0 Å². The Hall–Kier alpha value is -1.75. The largest absolute Gasteiger partial charge is 0.485 e. The van der Waals surface area contributed by atoms with E-state index in [1.807, 2.05) is 24.3 Å². The van der Waals surface area contributed by atoms with Gasteiger partial charge in [-0.1, -0.05) is 18.6 Å². The molecule has 0 radical (unpaired) electrons. The molecule has 1 aliphatic heterocycles. The second-order valence-electron chi connectivity index (χ2n) is 5.41. The van der Waals surface area contributed by atoms with Crippen molar-refractivity contribution in [2.75, 3.05) is 13.2 Å². The lowest BCUT2D eigenvalue weighted by molar-refractivity contribution is -0.131. The molecule has 1 saturated carbocycles. The molecular weight excluding hydrogens is 256 g/mol. The molecule has 3 unspecified atom stereocenters. The fourth-order valence-electron chi connectivity index (χ4n) is 2.93. The highest BCUT2D eigenvalue weighted by molar-refractivity contribution is 5.82. The van der Waals surface area contributed by atoms with Crippen molar-refractivity contribution in [1.82, 2.24) is 5.32 Å². The highest BCUT2D eigenvalue weighted by Crippen LogP contribution is 2.31. The summed E-state index contributed by atoms with van der Waals surface area (Å²) in [5.41, 5.74) is 5.73. The van der Waals surface area contributed by atoms with Gasteiger partial charge in [0.15, 0.2) is 11.5 Å². The maximum absolute atomic E-state index is 12.3. The third-order valence-corrected chi connectivity index (χ3v) is 4.09. The molecule has 3 N–H and O–H groups in total. The molecule has 1 aromatic carbocycles. The van der Waals surface area contributed by atoms with Crippen LogP contribution in [0.4, 0.5) is 0 Å². The first-order chi connectivity index (χ1) is 9.78. The number of nitrogens with two attached hydrogens (primary N) is 1. The van der Waals surface area contributed by atoms with Crippen molar-refractivity contribution < 1.29 is 14.3 Å². The van der Waals surface area contributed by atoms with Crippen LogP contribution in [0.5, 0.6) is 11.5 Å². The van der Waals surface area contributed by atoms with E-state index >= 15 is 0 Å². The maximum atomic E-state index is 12.3. The number of fused-ring (bicyclic) bond motifs is 1. The number of hydrogen-bond acceptors (Lipinski definition) is 4. The summed E-state index contributed by atoms with van der Waals surface area (Å²) in [5, 5.41) is 3.06. The zero-order chi connectivity index (χ0) is 13.9. The first-order valence-electron chi connectivity index (χ1n) is 7.17. The number of hydrogen-bond donors (Lipinski definition) is 2. The van der Waals surface area contributed by atoms with Gasteiger partial charge in [-0.25, -0.2) is 0 Å². The van der Waals surface area contributed by atoms with Crippen LogP contribution in [-0.2, 0) is 4.79 Å². The van der Waals surface area contributed by atoms with Gasteiger partial charge in [0.05, 0.1) is 0 Å². The number of para-hydroxylation sites is 2. The summed E-state index contributed by atoms with van der Waals surface area (Å²) in [6.45, 7) is 0.874. The molecule has 1 amide bonds. The van der Waals surface area contributed by atoms with Crippen molar-refractivity contribution in [3.8, 4) is 11.5 Å². The number of ether oxygens (including phenoxy) is 2. The van der Waals surface area contributed by atoms with Gasteiger partial charge in [-0.15, -0.1) is 0 Å². The Morgan fingerprint density at radius 1 is 1.30 bits per heavy atom. The first-order valence-corrected chi connectivity index (χ1v) is 7.17. The van der Waals surface area contributed by atoms with Gasteiger partial charge in [-0.05, 0) is 37.4 Å². The van der Waals surface area contributed by atoms with Crippen LogP contribution in [0.15, 0.2) is 24.3 Å². The van der Waals surface area contributed by atoms with E-state index in [1.54, 1.807) is 0 Å². The first kappa shape index (κ1) is 13.2. The number of benzene rings is 1. The average Bonchev–Trinajstić information content (AvgIpc) is 2.94.